The number of carbonyl (C=O) groups excluding carboxylic acids is 1. The molecule has 1 aliphatic heterocycles. The lowest BCUT2D eigenvalue weighted by molar-refractivity contribution is -0.132. The van der Waals surface area contributed by atoms with Crippen molar-refractivity contribution in [2.75, 3.05) is 13.7 Å². The van der Waals surface area contributed by atoms with Crippen molar-refractivity contribution in [1.29, 1.82) is 0 Å². The van der Waals surface area contributed by atoms with Gasteiger partial charge in [0.15, 0.2) is 0 Å². The average Bonchev–Trinajstić information content (AvgIpc) is 3.10. The Morgan fingerprint density at radius 2 is 1.96 bits per heavy atom. The molecule has 4 heteroatoms. The molecule has 0 saturated carbocycles. The summed E-state index contributed by atoms with van der Waals surface area (Å²) in [5.41, 5.74) is 2.21. The van der Waals surface area contributed by atoms with Gasteiger partial charge in [0, 0.05) is 18.0 Å². The monoisotopic (exact) mass is 343 g/mol. The van der Waals surface area contributed by atoms with Gasteiger partial charge in [-0.3, -0.25) is 4.79 Å². The third-order valence-corrected chi connectivity index (χ3v) is 4.97. The standard InChI is InChI=1S/C20H22ClNO2/c1-24-16-11-8-15(9-12-16)10-13-20(23)22-14-4-7-19(22)17-5-2-3-6-18(17)21/h2-3,5-6,8-9,11-12,19H,4,7,10,13-14H2,1H3/t19-/m0/s1. The number of carbonyl (C=O) groups is 1. The molecule has 1 fully saturated rings. The number of hydrogen-bond acceptors (Lipinski definition) is 2. The number of halogens is 1. The first kappa shape index (κ1) is 16.8. The Kier molecular flexibility index (Phi) is 5.41. The van der Waals surface area contributed by atoms with Crippen molar-refractivity contribution in [3.63, 3.8) is 0 Å². The van der Waals surface area contributed by atoms with Crippen LogP contribution in [0.5, 0.6) is 5.75 Å². The second-order valence-corrected chi connectivity index (χ2v) is 6.52. The molecule has 1 atom stereocenters. The van der Waals surface area contributed by atoms with Crippen LogP contribution < -0.4 is 4.74 Å². The summed E-state index contributed by atoms with van der Waals surface area (Å²) < 4.78 is 5.16. The molecular weight excluding hydrogens is 322 g/mol. The SMILES string of the molecule is COc1ccc(CCC(=O)N2CCC[C@H]2c2ccccc2Cl)cc1. The van der Waals surface area contributed by atoms with Gasteiger partial charge in [-0.15, -0.1) is 0 Å². The summed E-state index contributed by atoms with van der Waals surface area (Å²) in [6.45, 7) is 0.817. The van der Waals surface area contributed by atoms with Crippen molar-refractivity contribution in [3.05, 3.63) is 64.7 Å². The minimum atomic E-state index is 0.113. The first-order chi connectivity index (χ1) is 11.7. The number of methoxy groups -OCH3 is 1. The second-order valence-electron chi connectivity index (χ2n) is 6.11. The Morgan fingerprint density at radius 3 is 2.67 bits per heavy atom. The first-order valence-corrected chi connectivity index (χ1v) is 8.73. The molecule has 24 heavy (non-hydrogen) atoms. The molecule has 3 rings (SSSR count). The van der Waals surface area contributed by atoms with Crippen LogP contribution in [-0.2, 0) is 11.2 Å². The van der Waals surface area contributed by atoms with Gasteiger partial charge in [0.2, 0.25) is 5.91 Å². The first-order valence-electron chi connectivity index (χ1n) is 8.36. The van der Waals surface area contributed by atoms with Gasteiger partial charge in [-0.1, -0.05) is 41.9 Å². The Morgan fingerprint density at radius 1 is 1.21 bits per heavy atom. The molecule has 1 amide bonds. The van der Waals surface area contributed by atoms with Crippen molar-refractivity contribution in [1.82, 2.24) is 4.90 Å². The lowest BCUT2D eigenvalue weighted by Crippen LogP contribution is -2.30. The number of hydrogen-bond donors (Lipinski definition) is 0. The zero-order valence-corrected chi connectivity index (χ0v) is 14.6. The lowest BCUT2D eigenvalue weighted by Gasteiger charge is -2.26. The summed E-state index contributed by atoms with van der Waals surface area (Å²) >= 11 is 6.33. The Bertz CT molecular complexity index is 699. The normalized spacial score (nSPS) is 17.1. The zero-order valence-electron chi connectivity index (χ0n) is 13.9. The van der Waals surface area contributed by atoms with Gasteiger partial charge in [-0.05, 0) is 48.6 Å². The molecule has 0 bridgehead atoms. The molecule has 2 aromatic carbocycles. The molecule has 0 N–H and O–H groups in total. The number of aryl methyl sites for hydroxylation is 1. The maximum atomic E-state index is 12.7. The van der Waals surface area contributed by atoms with Crippen LogP contribution in [0.4, 0.5) is 0 Å². The number of rotatable bonds is 5. The fourth-order valence-electron chi connectivity index (χ4n) is 3.32. The summed E-state index contributed by atoms with van der Waals surface area (Å²) in [5, 5.41) is 0.748. The summed E-state index contributed by atoms with van der Waals surface area (Å²) in [5.74, 6) is 1.04. The van der Waals surface area contributed by atoms with E-state index in [2.05, 4.69) is 0 Å². The van der Waals surface area contributed by atoms with Gasteiger partial charge < -0.3 is 9.64 Å². The van der Waals surface area contributed by atoms with E-state index < -0.39 is 0 Å². The average molecular weight is 344 g/mol. The van der Waals surface area contributed by atoms with Gasteiger partial charge in [0.1, 0.15) is 5.75 Å². The predicted molar refractivity (Wildman–Crippen MR) is 96.5 cm³/mol. The van der Waals surface area contributed by atoms with E-state index >= 15 is 0 Å². The minimum absolute atomic E-state index is 0.113. The van der Waals surface area contributed by atoms with Crippen LogP contribution in [0.25, 0.3) is 0 Å². The van der Waals surface area contributed by atoms with E-state index in [-0.39, 0.29) is 11.9 Å². The van der Waals surface area contributed by atoms with E-state index in [4.69, 9.17) is 16.3 Å². The van der Waals surface area contributed by atoms with Crippen molar-refractivity contribution < 1.29 is 9.53 Å². The Labute approximate surface area is 148 Å². The van der Waals surface area contributed by atoms with E-state index in [9.17, 15) is 4.79 Å². The van der Waals surface area contributed by atoms with Crippen LogP contribution >= 0.6 is 11.6 Å². The molecule has 0 radical (unpaired) electrons. The quantitative estimate of drug-likeness (QED) is 0.791. The number of nitrogens with zero attached hydrogens (tertiary/aromatic N) is 1. The zero-order chi connectivity index (χ0) is 16.9. The molecule has 0 spiro atoms. The maximum absolute atomic E-state index is 12.7. The van der Waals surface area contributed by atoms with Crippen LogP contribution in [0.3, 0.4) is 0 Å². The van der Waals surface area contributed by atoms with Crippen molar-refractivity contribution >= 4 is 17.5 Å². The Balaban J connectivity index is 1.64. The maximum Gasteiger partial charge on any atom is 0.223 e. The molecule has 0 aromatic heterocycles. The number of likely N-dealkylation sites (tertiary alicyclic amines) is 1. The summed E-state index contributed by atoms with van der Waals surface area (Å²) in [4.78, 5) is 14.7. The highest BCUT2D eigenvalue weighted by molar-refractivity contribution is 6.31. The molecular formula is C20H22ClNO2. The molecule has 2 aromatic rings. The van der Waals surface area contributed by atoms with Crippen molar-refractivity contribution in [2.24, 2.45) is 0 Å². The third kappa shape index (κ3) is 3.73. The van der Waals surface area contributed by atoms with Crippen molar-refractivity contribution in [2.45, 2.75) is 31.7 Å². The van der Waals surface area contributed by atoms with E-state index in [1.165, 1.54) is 0 Å². The minimum Gasteiger partial charge on any atom is -0.497 e. The largest absolute Gasteiger partial charge is 0.497 e. The summed E-state index contributed by atoms with van der Waals surface area (Å²) in [7, 11) is 1.65. The van der Waals surface area contributed by atoms with Gasteiger partial charge >= 0.3 is 0 Å². The van der Waals surface area contributed by atoms with Crippen LogP contribution in [0.15, 0.2) is 48.5 Å². The van der Waals surface area contributed by atoms with Gasteiger partial charge in [0.05, 0.1) is 13.2 Å². The van der Waals surface area contributed by atoms with Gasteiger partial charge in [0.25, 0.3) is 0 Å². The molecule has 126 valence electrons. The van der Waals surface area contributed by atoms with Crippen molar-refractivity contribution in [3.8, 4) is 5.75 Å². The molecule has 1 saturated heterocycles. The number of benzene rings is 2. The second kappa shape index (κ2) is 7.71. The van der Waals surface area contributed by atoms with Crippen LogP contribution in [0, 0.1) is 0 Å². The molecule has 3 nitrogen and oxygen atoms in total. The Hall–Kier alpha value is -2.00. The predicted octanol–water partition coefficient (Wildman–Crippen LogP) is 4.64. The summed E-state index contributed by atoms with van der Waals surface area (Å²) in [6, 6.07) is 15.9. The van der Waals surface area contributed by atoms with Crippen LogP contribution in [0.2, 0.25) is 5.02 Å². The summed E-state index contributed by atoms with van der Waals surface area (Å²) in [6.07, 6.45) is 3.28. The fraction of sp³-hybridized carbons (Fsp3) is 0.350. The molecule has 0 unspecified atom stereocenters. The molecule has 1 aliphatic rings. The van der Waals surface area contributed by atoms with Gasteiger partial charge in [-0.25, -0.2) is 0 Å². The van der Waals surface area contributed by atoms with E-state index in [0.717, 1.165) is 47.7 Å². The highest BCUT2D eigenvalue weighted by Crippen LogP contribution is 2.36. The van der Waals surface area contributed by atoms with E-state index in [1.54, 1.807) is 7.11 Å². The number of amides is 1. The van der Waals surface area contributed by atoms with Gasteiger partial charge in [-0.2, -0.15) is 0 Å². The third-order valence-electron chi connectivity index (χ3n) is 4.62. The van der Waals surface area contributed by atoms with Crippen LogP contribution in [-0.4, -0.2) is 24.5 Å². The van der Waals surface area contributed by atoms with Crippen LogP contribution in [0.1, 0.15) is 36.4 Å². The highest BCUT2D eigenvalue weighted by atomic mass is 35.5. The van der Waals surface area contributed by atoms with E-state index in [1.807, 2.05) is 53.4 Å². The number of ether oxygens (including phenoxy) is 1. The lowest BCUT2D eigenvalue weighted by atomic mass is 10.0. The van der Waals surface area contributed by atoms with E-state index in [0.29, 0.717) is 6.42 Å². The smallest absolute Gasteiger partial charge is 0.223 e. The molecule has 0 aliphatic carbocycles. The topological polar surface area (TPSA) is 29.5 Å². The fourth-order valence-corrected chi connectivity index (χ4v) is 3.58. The molecule has 1 heterocycles. The highest BCUT2D eigenvalue weighted by Gasteiger charge is 2.30.